The van der Waals surface area contributed by atoms with Crippen LogP contribution in [0.15, 0.2) is 18.2 Å². The van der Waals surface area contributed by atoms with Gasteiger partial charge in [-0.2, -0.15) is 0 Å². The van der Waals surface area contributed by atoms with Gasteiger partial charge in [-0.3, -0.25) is 0 Å². The minimum Gasteiger partial charge on any atom is -0.430 e. The summed E-state index contributed by atoms with van der Waals surface area (Å²) in [4.78, 5) is 0. The van der Waals surface area contributed by atoms with Gasteiger partial charge in [-0.1, -0.05) is 34.1 Å². The van der Waals surface area contributed by atoms with Gasteiger partial charge in [-0.25, -0.2) is 0 Å². The van der Waals surface area contributed by atoms with Crippen molar-refractivity contribution in [2.75, 3.05) is 0 Å². The molecule has 100 valence electrons. The predicted octanol–water partition coefficient (Wildman–Crippen LogP) is 3.20. The van der Waals surface area contributed by atoms with Crippen LogP contribution in [-0.4, -0.2) is 16.2 Å². The van der Waals surface area contributed by atoms with E-state index in [2.05, 4.69) is 28.5 Å². The number of rotatable bonds is 5. The molecule has 1 aromatic heterocycles. The topological polar surface area (TPSA) is 47.0 Å². The van der Waals surface area contributed by atoms with Crippen molar-refractivity contribution in [2.24, 2.45) is 0 Å². The smallest absolute Gasteiger partial charge is 0.299 e. The van der Waals surface area contributed by atoms with E-state index in [-0.39, 0.29) is 0 Å². The van der Waals surface area contributed by atoms with Gasteiger partial charge in [0.1, 0.15) is 10.8 Å². The Bertz CT molecular complexity index is 578. The quantitative estimate of drug-likeness (QED) is 0.910. The summed E-state index contributed by atoms with van der Waals surface area (Å²) in [5, 5.41) is 13.2. The molecule has 0 amide bonds. The van der Waals surface area contributed by atoms with Crippen LogP contribution in [0.3, 0.4) is 0 Å². The standard InChI is InChI=1S/C14H17N3OS/c1-9-3-6-12(10(2)7-9)18-14-17-16-13(19-14)8-15-11-4-5-11/h3,6-7,11,15H,4-5,8H2,1-2H3. The molecule has 3 rings (SSSR count). The molecule has 4 nitrogen and oxygen atoms in total. The number of benzene rings is 1. The number of hydrogen-bond donors (Lipinski definition) is 1. The van der Waals surface area contributed by atoms with E-state index < -0.39 is 0 Å². The lowest BCUT2D eigenvalue weighted by Gasteiger charge is -2.05. The summed E-state index contributed by atoms with van der Waals surface area (Å²) >= 11 is 1.50. The first-order valence-electron chi connectivity index (χ1n) is 6.51. The van der Waals surface area contributed by atoms with E-state index in [1.165, 1.54) is 29.7 Å². The molecule has 5 heteroatoms. The molecule has 1 aliphatic rings. The van der Waals surface area contributed by atoms with Crippen molar-refractivity contribution in [3.63, 3.8) is 0 Å². The maximum atomic E-state index is 5.78. The first-order valence-corrected chi connectivity index (χ1v) is 7.33. The van der Waals surface area contributed by atoms with Crippen molar-refractivity contribution >= 4 is 11.3 Å². The first kappa shape index (κ1) is 12.6. The minimum absolute atomic E-state index is 0.611. The Hall–Kier alpha value is -1.46. The fraction of sp³-hybridized carbons (Fsp3) is 0.429. The summed E-state index contributed by atoms with van der Waals surface area (Å²) in [5.41, 5.74) is 2.35. The van der Waals surface area contributed by atoms with E-state index in [4.69, 9.17) is 4.74 Å². The highest BCUT2D eigenvalue weighted by atomic mass is 32.1. The highest BCUT2D eigenvalue weighted by Crippen LogP contribution is 2.28. The Morgan fingerprint density at radius 1 is 1.32 bits per heavy atom. The van der Waals surface area contributed by atoms with Crippen molar-refractivity contribution in [3.8, 4) is 10.9 Å². The number of hydrogen-bond acceptors (Lipinski definition) is 5. The van der Waals surface area contributed by atoms with Crippen molar-refractivity contribution < 1.29 is 4.74 Å². The monoisotopic (exact) mass is 275 g/mol. The predicted molar refractivity (Wildman–Crippen MR) is 75.8 cm³/mol. The third kappa shape index (κ3) is 3.30. The number of nitrogens with zero attached hydrogens (tertiary/aromatic N) is 2. The first-order chi connectivity index (χ1) is 9.20. The van der Waals surface area contributed by atoms with Crippen LogP contribution in [0.2, 0.25) is 0 Å². The number of aromatic nitrogens is 2. The van der Waals surface area contributed by atoms with Gasteiger partial charge in [0.25, 0.3) is 5.19 Å². The molecule has 19 heavy (non-hydrogen) atoms. The molecule has 1 saturated carbocycles. The summed E-state index contributed by atoms with van der Waals surface area (Å²) in [5.74, 6) is 0.850. The molecule has 0 atom stereocenters. The van der Waals surface area contributed by atoms with Gasteiger partial charge in [0.2, 0.25) is 0 Å². The Kier molecular flexibility index (Phi) is 3.48. The zero-order valence-electron chi connectivity index (χ0n) is 11.1. The van der Waals surface area contributed by atoms with E-state index >= 15 is 0 Å². The van der Waals surface area contributed by atoms with E-state index in [0.717, 1.165) is 22.9 Å². The van der Waals surface area contributed by atoms with Crippen molar-refractivity contribution in [2.45, 2.75) is 39.3 Å². The SMILES string of the molecule is Cc1ccc(Oc2nnc(CNC3CC3)s2)c(C)c1. The Morgan fingerprint density at radius 3 is 2.89 bits per heavy atom. The fourth-order valence-electron chi connectivity index (χ4n) is 1.88. The molecular formula is C14H17N3OS. The molecule has 0 radical (unpaired) electrons. The second kappa shape index (κ2) is 5.27. The third-order valence-corrected chi connectivity index (χ3v) is 3.90. The van der Waals surface area contributed by atoms with Gasteiger partial charge in [-0.05, 0) is 38.3 Å². The number of nitrogens with one attached hydrogen (secondary N) is 1. The van der Waals surface area contributed by atoms with Crippen LogP contribution in [0.5, 0.6) is 10.9 Å². The normalized spacial score (nSPS) is 14.6. The Morgan fingerprint density at radius 2 is 2.16 bits per heavy atom. The summed E-state index contributed by atoms with van der Waals surface area (Å²) < 4.78 is 5.78. The maximum absolute atomic E-state index is 5.78. The molecule has 1 fully saturated rings. The lowest BCUT2D eigenvalue weighted by Crippen LogP contribution is -2.14. The Balaban J connectivity index is 1.65. The molecule has 0 spiro atoms. The summed E-state index contributed by atoms with van der Waals surface area (Å²) in [7, 11) is 0. The Labute approximate surface area is 116 Å². The largest absolute Gasteiger partial charge is 0.430 e. The zero-order valence-corrected chi connectivity index (χ0v) is 12.0. The molecule has 0 saturated heterocycles. The lowest BCUT2D eigenvalue weighted by atomic mass is 10.1. The van der Waals surface area contributed by atoms with Crippen LogP contribution in [0.1, 0.15) is 29.0 Å². The highest BCUT2D eigenvalue weighted by molar-refractivity contribution is 7.13. The maximum Gasteiger partial charge on any atom is 0.299 e. The van der Waals surface area contributed by atoms with E-state index in [1.54, 1.807) is 0 Å². The molecule has 0 bridgehead atoms. The van der Waals surface area contributed by atoms with Gasteiger partial charge < -0.3 is 10.1 Å². The zero-order chi connectivity index (χ0) is 13.2. The summed E-state index contributed by atoms with van der Waals surface area (Å²) in [6.45, 7) is 4.90. The second-order valence-electron chi connectivity index (χ2n) is 4.99. The van der Waals surface area contributed by atoms with Gasteiger partial charge in [0.15, 0.2) is 0 Å². The van der Waals surface area contributed by atoms with Crippen molar-refractivity contribution in [1.82, 2.24) is 15.5 Å². The molecular weight excluding hydrogens is 258 g/mol. The molecule has 0 aliphatic heterocycles. The average Bonchev–Trinajstić information content (AvgIpc) is 3.10. The average molecular weight is 275 g/mol. The fourth-order valence-corrected chi connectivity index (χ4v) is 2.53. The third-order valence-electron chi connectivity index (χ3n) is 3.10. The van der Waals surface area contributed by atoms with Gasteiger partial charge >= 0.3 is 0 Å². The van der Waals surface area contributed by atoms with Gasteiger partial charge in [0, 0.05) is 6.04 Å². The van der Waals surface area contributed by atoms with Gasteiger partial charge in [0.05, 0.1) is 6.54 Å². The van der Waals surface area contributed by atoms with Crippen LogP contribution < -0.4 is 10.1 Å². The summed E-state index contributed by atoms with van der Waals surface area (Å²) in [6, 6.07) is 6.81. The molecule has 0 unspecified atom stereocenters. The van der Waals surface area contributed by atoms with Crippen molar-refractivity contribution in [3.05, 3.63) is 34.3 Å². The number of aryl methyl sites for hydroxylation is 2. The summed E-state index contributed by atoms with van der Waals surface area (Å²) in [6.07, 6.45) is 2.56. The molecule has 2 aromatic rings. The van der Waals surface area contributed by atoms with E-state index in [0.29, 0.717) is 11.2 Å². The van der Waals surface area contributed by atoms with Crippen LogP contribution >= 0.6 is 11.3 Å². The van der Waals surface area contributed by atoms with Gasteiger partial charge in [-0.15, -0.1) is 5.10 Å². The van der Waals surface area contributed by atoms with Crippen LogP contribution in [0, 0.1) is 13.8 Å². The van der Waals surface area contributed by atoms with E-state index in [1.807, 2.05) is 19.1 Å². The lowest BCUT2D eigenvalue weighted by molar-refractivity contribution is 0.469. The minimum atomic E-state index is 0.611. The molecule has 1 heterocycles. The van der Waals surface area contributed by atoms with Crippen molar-refractivity contribution in [1.29, 1.82) is 0 Å². The highest BCUT2D eigenvalue weighted by Gasteiger charge is 2.20. The molecule has 1 aromatic carbocycles. The number of ether oxygens (including phenoxy) is 1. The molecule has 1 aliphatic carbocycles. The van der Waals surface area contributed by atoms with Crippen LogP contribution in [0.25, 0.3) is 0 Å². The van der Waals surface area contributed by atoms with E-state index in [9.17, 15) is 0 Å². The van der Waals surface area contributed by atoms with Crippen LogP contribution in [0.4, 0.5) is 0 Å². The molecule has 1 N–H and O–H groups in total. The second-order valence-corrected chi connectivity index (χ2v) is 6.01. The van der Waals surface area contributed by atoms with Crippen LogP contribution in [-0.2, 0) is 6.54 Å².